The van der Waals surface area contributed by atoms with Crippen LogP contribution in [0, 0.1) is 0 Å². The number of benzene rings is 2. The Morgan fingerprint density at radius 2 is 1.96 bits per heavy atom. The molecule has 3 aromatic rings. The number of nitrogens with one attached hydrogen (secondary N) is 1. The number of fused-ring (bicyclic) bond motifs is 1. The average Bonchev–Trinajstić information content (AvgIpc) is 3.15. The molecule has 0 saturated carbocycles. The van der Waals surface area contributed by atoms with Crippen LogP contribution in [0.25, 0.3) is 11.0 Å². The van der Waals surface area contributed by atoms with Crippen LogP contribution >= 0.6 is 0 Å². The minimum Gasteiger partial charge on any atom is -0.374 e. The maximum absolute atomic E-state index is 12.3. The molecule has 6 nitrogen and oxygen atoms in total. The summed E-state index contributed by atoms with van der Waals surface area (Å²) in [5.41, 5.74) is 3.32. The van der Waals surface area contributed by atoms with Crippen LogP contribution in [0.5, 0.6) is 0 Å². The van der Waals surface area contributed by atoms with Crippen LogP contribution in [0.15, 0.2) is 60.9 Å². The first kappa shape index (κ1) is 18.7. The highest BCUT2D eigenvalue weighted by Gasteiger charge is 2.21. The minimum absolute atomic E-state index is 0.0375. The SMILES string of the molecule is O=C(CCn1cnc2ccccc21)NC[C@H]1CN(Cc2ccccc2)CCO1. The number of morpholine rings is 1. The number of carbonyl (C=O) groups excluding carboxylic acids is 1. The molecule has 1 fully saturated rings. The van der Waals surface area contributed by atoms with Gasteiger partial charge in [-0.15, -0.1) is 0 Å². The van der Waals surface area contributed by atoms with Gasteiger partial charge in [-0.05, 0) is 17.7 Å². The van der Waals surface area contributed by atoms with Gasteiger partial charge in [-0.2, -0.15) is 0 Å². The van der Waals surface area contributed by atoms with Crippen LogP contribution in [0.1, 0.15) is 12.0 Å². The molecule has 1 saturated heterocycles. The lowest BCUT2D eigenvalue weighted by Gasteiger charge is -2.33. The van der Waals surface area contributed by atoms with E-state index in [9.17, 15) is 4.79 Å². The van der Waals surface area contributed by atoms with Gasteiger partial charge in [0.2, 0.25) is 5.91 Å². The topological polar surface area (TPSA) is 59.4 Å². The largest absolute Gasteiger partial charge is 0.374 e. The Morgan fingerprint density at radius 3 is 2.86 bits per heavy atom. The fourth-order valence-electron chi connectivity index (χ4n) is 3.62. The van der Waals surface area contributed by atoms with Gasteiger partial charge in [-0.25, -0.2) is 4.98 Å². The van der Waals surface area contributed by atoms with E-state index in [1.54, 1.807) is 6.33 Å². The van der Waals surface area contributed by atoms with E-state index in [0.29, 0.717) is 26.1 Å². The molecule has 2 heterocycles. The quantitative estimate of drug-likeness (QED) is 0.686. The lowest BCUT2D eigenvalue weighted by molar-refractivity contribution is -0.122. The fourth-order valence-corrected chi connectivity index (χ4v) is 3.62. The molecule has 4 rings (SSSR count). The van der Waals surface area contributed by atoms with Gasteiger partial charge >= 0.3 is 0 Å². The van der Waals surface area contributed by atoms with Crippen molar-refractivity contribution in [2.24, 2.45) is 0 Å². The van der Waals surface area contributed by atoms with E-state index in [0.717, 1.165) is 30.7 Å². The van der Waals surface area contributed by atoms with Crippen molar-refractivity contribution in [1.29, 1.82) is 0 Å². The van der Waals surface area contributed by atoms with Gasteiger partial charge in [-0.3, -0.25) is 9.69 Å². The summed E-state index contributed by atoms with van der Waals surface area (Å²) in [5.74, 6) is 0.0431. The molecule has 1 aliphatic rings. The van der Waals surface area contributed by atoms with E-state index in [-0.39, 0.29) is 12.0 Å². The molecule has 0 unspecified atom stereocenters. The van der Waals surface area contributed by atoms with Gasteiger partial charge in [0, 0.05) is 39.1 Å². The highest BCUT2D eigenvalue weighted by Crippen LogP contribution is 2.12. The molecular formula is C22H26N4O2. The molecule has 6 heteroatoms. The monoisotopic (exact) mass is 378 g/mol. The van der Waals surface area contributed by atoms with Crippen LogP contribution in [-0.4, -0.2) is 52.7 Å². The number of hydrogen-bond acceptors (Lipinski definition) is 4. The highest BCUT2D eigenvalue weighted by atomic mass is 16.5. The molecule has 0 radical (unpaired) electrons. The second-order valence-electron chi connectivity index (χ2n) is 7.19. The van der Waals surface area contributed by atoms with Crippen molar-refractivity contribution in [3.63, 3.8) is 0 Å². The molecule has 1 amide bonds. The van der Waals surface area contributed by atoms with Gasteiger partial charge in [0.15, 0.2) is 0 Å². The minimum atomic E-state index is 0.0375. The molecule has 1 N–H and O–H groups in total. The van der Waals surface area contributed by atoms with Crippen molar-refractivity contribution >= 4 is 16.9 Å². The number of carbonyl (C=O) groups is 1. The first-order valence-electron chi connectivity index (χ1n) is 9.82. The summed E-state index contributed by atoms with van der Waals surface area (Å²) < 4.78 is 7.85. The summed E-state index contributed by atoms with van der Waals surface area (Å²) in [5, 5.41) is 3.02. The number of amides is 1. The Kier molecular flexibility index (Phi) is 5.99. The zero-order chi connectivity index (χ0) is 19.2. The summed E-state index contributed by atoms with van der Waals surface area (Å²) >= 11 is 0. The highest BCUT2D eigenvalue weighted by molar-refractivity contribution is 5.77. The predicted octanol–water partition coefficient (Wildman–Crippen LogP) is 2.44. The Hall–Kier alpha value is -2.70. The molecule has 0 spiro atoms. The van der Waals surface area contributed by atoms with Crippen molar-refractivity contribution in [3.05, 3.63) is 66.5 Å². The Bertz CT molecular complexity index is 909. The first-order chi connectivity index (χ1) is 13.8. The molecule has 0 bridgehead atoms. The smallest absolute Gasteiger partial charge is 0.221 e. The van der Waals surface area contributed by atoms with Crippen LogP contribution in [0.3, 0.4) is 0 Å². The van der Waals surface area contributed by atoms with E-state index in [1.807, 2.05) is 34.9 Å². The molecule has 1 atom stereocenters. The number of ether oxygens (including phenoxy) is 1. The van der Waals surface area contributed by atoms with Gasteiger partial charge in [0.25, 0.3) is 0 Å². The maximum Gasteiger partial charge on any atom is 0.221 e. The van der Waals surface area contributed by atoms with E-state index in [4.69, 9.17) is 4.74 Å². The summed E-state index contributed by atoms with van der Waals surface area (Å²) in [4.78, 5) is 19.0. The third kappa shape index (κ3) is 4.77. The third-order valence-corrected chi connectivity index (χ3v) is 5.11. The number of rotatable bonds is 7. The number of para-hydroxylation sites is 2. The number of aromatic nitrogens is 2. The van der Waals surface area contributed by atoms with Crippen molar-refractivity contribution in [1.82, 2.24) is 19.8 Å². The van der Waals surface area contributed by atoms with Gasteiger partial charge in [0.05, 0.1) is 30.1 Å². The van der Waals surface area contributed by atoms with E-state index in [2.05, 4.69) is 39.5 Å². The molecule has 2 aromatic carbocycles. The molecule has 28 heavy (non-hydrogen) atoms. The lowest BCUT2D eigenvalue weighted by Crippen LogP contribution is -2.47. The van der Waals surface area contributed by atoms with Crippen LogP contribution in [0.4, 0.5) is 0 Å². The van der Waals surface area contributed by atoms with Crippen LogP contribution in [0.2, 0.25) is 0 Å². The number of aryl methyl sites for hydroxylation is 1. The summed E-state index contributed by atoms with van der Waals surface area (Å²) in [6.45, 7) is 4.55. The molecular weight excluding hydrogens is 352 g/mol. The number of hydrogen-bond donors (Lipinski definition) is 1. The van der Waals surface area contributed by atoms with Crippen molar-refractivity contribution in [3.8, 4) is 0 Å². The van der Waals surface area contributed by atoms with Gasteiger partial charge < -0.3 is 14.6 Å². The fraction of sp³-hybridized carbons (Fsp3) is 0.364. The summed E-state index contributed by atoms with van der Waals surface area (Å²) in [7, 11) is 0. The number of imidazole rings is 1. The third-order valence-electron chi connectivity index (χ3n) is 5.11. The summed E-state index contributed by atoms with van der Waals surface area (Å²) in [6.07, 6.45) is 2.26. The Labute approximate surface area is 165 Å². The standard InChI is InChI=1S/C22H26N4O2/c27-22(10-11-26-17-24-20-8-4-5-9-21(20)26)23-14-19-16-25(12-13-28-19)15-18-6-2-1-3-7-18/h1-9,17,19H,10-16H2,(H,23,27)/t19-/m0/s1. The zero-order valence-corrected chi connectivity index (χ0v) is 16.0. The van der Waals surface area contributed by atoms with Crippen LogP contribution in [-0.2, 0) is 22.6 Å². The van der Waals surface area contributed by atoms with E-state index >= 15 is 0 Å². The molecule has 1 aromatic heterocycles. The van der Waals surface area contributed by atoms with Gasteiger partial charge in [0.1, 0.15) is 0 Å². The van der Waals surface area contributed by atoms with Crippen LogP contribution < -0.4 is 5.32 Å². The van der Waals surface area contributed by atoms with Crippen molar-refractivity contribution in [2.75, 3.05) is 26.2 Å². The number of nitrogens with zero attached hydrogens (tertiary/aromatic N) is 3. The molecule has 1 aliphatic heterocycles. The molecule has 146 valence electrons. The Balaban J connectivity index is 1.22. The second kappa shape index (κ2) is 8.99. The van der Waals surface area contributed by atoms with Crippen molar-refractivity contribution < 1.29 is 9.53 Å². The normalized spacial score (nSPS) is 17.6. The maximum atomic E-state index is 12.3. The van der Waals surface area contributed by atoms with Gasteiger partial charge in [-0.1, -0.05) is 42.5 Å². The summed E-state index contributed by atoms with van der Waals surface area (Å²) in [6, 6.07) is 18.4. The first-order valence-corrected chi connectivity index (χ1v) is 9.82. The lowest BCUT2D eigenvalue weighted by atomic mass is 10.2. The average molecular weight is 378 g/mol. The Morgan fingerprint density at radius 1 is 1.14 bits per heavy atom. The second-order valence-corrected chi connectivity index (χ2v) is 7.19. The van der Waals surface area contributed by atoms with E-state index in [1.165, 1.54) is 5.56 Å². The molecule has 0 aliphatic carbocycles. The zero-order valence-electron chi connectivity index (χ0n) is 16.0. The van der Waals surface area contributed by atoms with E-state index < -0.39 is 0 Å². The predicted molar refractivity (Wildman–Crippen MR) is 109 cm³/mol. The van der Waals surface area contributed by atoms with Crippen molar-refractivity contribution in [2.45, 2.75) is 25.6 Å².